The van der Waals surface area contributed by atoms with Gasteiger partial charge in [0.25, 0.3) is 0 Å². The molecule has 16 heavy (non-hydrogen) atoms. The Morgan fingerprint density at radius 1 is 1.38 bits per heavy atom. The summed E-state index contributed by atoms with van der Waals surface area (Å²) >= 11 is 0. The molecule has 0 saturated carbocycles. The maximum atomic E-state index is 11.8. The van der Waals surface area contributed by atoms with Gasteiger partial charge in [-0.25, -0.2) is 9.18 Å². The highest BCUT2D eigenvalue weighted by Gasteiger charge is 2.07. The van der Waals surface area contributed by atoms with Crippen molar-refractivity contribution in [3.8, 4) is 0 Å². The van der Waals surface area contributed by atoms with Crippen LogP contribution in [0.25, 0.3) is 10.9 Å². The number of ether oxygens (including phenoxy) is 1. The lowest BCUT2D eigenvalue weighted by molar-refractivity contribution is 0.0481. The van der Waals surface area contributed by atoms with Crippen molar-refractivity contribution >= 4 is 16.9 Å². The molecule has 1 aromatic carbocycles. The normalized spacial score (nSPS) is 10.3. The third-order valence-electron chi connectivity index (χ3n) is 2.15. The van der Waals surface area contributed by atoms with E-state index in [4.69, 9.17) is 4.74 Å². The molecule has 82 valence electrons. The number of pyridine rings is 1. The Bertz CT molecular complexity index is 513. The molecule has 0 aliphatic rings. The number of hydrogen-bond donors (Lipinski definition) is 0. The van der Waals surface area contributed by atoms with Gasteiger partial charge in [0.2, 0.25) is 0 Å². The van der Waals surface area contributed by atoms with Crippen LogP contribution in [0.2, 0.25) is 0 Å². The molecule has 0 spiro atoms. The van der Waals surface area contributed by atoms with Gasteiger partial charge >= 0.3 is 5.97 Å². The molecular formula is C12H10FNO2. The van der Waals surface area contributed by atoms with Crippen LogP contribution in [0, 0.1) is 0 Å². The van der Waals surface area contributed by atoms with Crippen LogP contribution in [0.3, 0.4) is 0 Å². The van der Waals surface area contributed by atoms with Crippen molar-refractivity contribution in [2.45, 2.75) is 0 Å². The molecule has 0 fully saturated rings. The molecule has 2 aromatic rings. The van der Waals surface area contributed by atoms with E-state index in [1.54, 1.807) is 30.5 Å². The van der Waals surface area contributed by atoms with Crippen LogP contribution in [0.1, 0.15) is 10.4 Å². The number of rotatable bonds is 3. The molecule has 0 unspecified atom stereocenters. The van der Waals surface area contributed by atoms with Gasteiger partial charge in [-0.1, -0.05) is 6.07 Å². The van der Waals surface area contributed by atoms with Crippen LogP contribution >= 0.6 is 0 Å². The summed E-state index contributed by atoms with van der Waals surface area (Å²) in [5, 5.41) is 0.859. The molecule has 1 aromatic heterocycles. The number of carbonyl (C=O) groups is 1. The first kappa shape index (κ1) is 10.5. The first-order valence-electron chi connectivity index (χ1n) is 4.89. The molecule has 2 rings (SSSR count). The van der Waals surface area contributed by atoms with Gasteiger partial charge in [0, 0.05) is 11.6 Å². The van der Waals surface area contributed by atoms with Gasteiger partial charge in [-0.2, -0.15) is 0 Å². The number of carbonyl (C=O) groups excluding carboxylic acids is 1. The first-order chi connectivity index (χ1) is 7.81. The van der Waals surface area contributed by atoms with Crippen molar-refractivity contribution < 1.29 is 13.9 Å². The summed E-state index contributed by atoms with van der Waals surface area (Å²) in [6.07, 6.45) is 1.68. The number of halogens is 1. The minimum Gasteiger partial charge on any atom is -0.459 e. The molecule has 3 nitrogen and oxygen atoms in total. The second kappa shape index (κ2) is 4.70. The zero-order chi connectivity index (χ0) is 11.4. The van der Waals surface area contributed by atoms with Crippen molar-refractivity contribution in [2.24, 2.45) is 0 Å². The lowest BCUT2D eigenvalue weighted by Gasteiger charge is -2.03. The summed E-state index contributed by atoms with van der Waals surface area (Å²) in [5.74, 6) is -0.511. The number of esters is 1. The quantitative estimate of drug-likeness (QED) is 0.744. The molecule has 0 bridgehead atoms. The van der Waals surface area contributed by atoms with Crippen molar-refractivity contribution in [3.63, 3.8) is 0 Å². The summed E-state index contributed by atoms with van der Waals surface area (Å²) in [7, 11) is 0. The minimum absolute atomic E-state index is 0.204. The largest absolute Gasteiger partial charge is 0.459 e. The van der Waals surface area contributed by atoms with Crippen LogP contribution < -0.4 is 0 Å². The van der Waals surface area contributed by atoms with Gasteiger partial charge in [-0.15, -0.1) is 0 Å². The number of fused-ring (bicyclic) bond motifs is 1. The second-order valence-electron chi connectivity index (χ2n) is 3.24. The van der Waals surface area contributed by atoms with E-state index in [0.29, 0.717) is 5.56 Å². The van der Waals surface area contributed by atoms with Crippen molar-refractivity contribution in [1.82, 2.24) is 4.98 Å². The van der Waals surface area contributed by atoms with Gasteiger partial charge < -0.3 is 4.74 Å². The van der Waals surface area contributed by atoms with E-state index in [1.165, 1.54) is 0 Å². The predicted octanol–water partition coefficient (Wildman–Crippen LogP) is 2.36. The zero-order valence-corrected chi connectivity index (χ0v) is 8.52. The third kappa shape index (κ3) is 2.16. The summed E-state index contributed by atoms with van der Waals surface area (Å²) in [5.41, 5.74) is 1.22. The Morgan fingerprint density at radius 3 is 3.06 bits per heavy atom. The van der Waals surface area contributed by atoms with Gasteiger partial charge in [0.1, 0.15) is 13.3 Å². The van der Waals surface area contributed by atoms with Crippen LogP contribution in [0.5, 0.6) is 0 Å². The third-order valence-corrected chi connectivity index (χ3v) is 2.15. The molecule has 0 saturated heterocycles. The maximum absolute atomic E-state index is 11.8. The van der Waals surface area contributed by atoms with Crippen LogP contribution in [-0.4, -0.2) is 24.2 Å². The van der Waals surface area contributed by atoms with Gasteiger partial charge in [-0.3, -0.25) is 4.98 Å². The fourth-order valence-electron chi connectivity index (χ4n) is 1.42. The monoisotopic (exact) mass is 219 g/mol. The summed E-state index contributed by atoms with van der Waals surface area (Å²) < 4.78 is 16.5. The zero-order valence-electron chi connectivity index (χ0n) is 8.52. The van der Waals surface area contributed by atoms with E-state index >= 15 is 0 Å². The SMILES string of the molecule is O=C(OCCF)c1ccc2ncccc2c1. The topological polar surface area (TPSA) is 39.2 Å². The van der Waals surface area contributed by atoms with E-state index in [2.05, 4.69) is 4.98 Å². The minimum atomic E-state index is -0.666. The maximum Gasteiger partial charge on any atom is 0.338 e. The molecule has 0 amide bonds. The molecule has 0 aliphatic heterocycles. The fraction of sp³-hybridized carbons (Fsp3) is 0.167. The van der Waals surface area contributed by atoms with Gasteiger partial charge in [0.05, 0.1) is 11.1 Å². The van der Waals surface area contributed by atoms with Crippen LogP contribution in [0.15, 0.2) is 36.5 Å². The summed E-state index contributed by atoms with van der Waals surface area (Å²) in [6, 6.07) is 8.69. The number of benzene rings is 1. The molecule has 0 aliphatic carbocycles. The highest BCUT2D eigenvalue weighted by atomic mass is 19.1. The number of hydrogen-bond acceptors (Lipinski definition) is 3. The van der Waals surface area contributed by atoms with Crippen molar-refractivity contribution in [2.75, 3.05) is 13.3 Å². The lowest BCUT2D eigenvalue weighted by atomic mass is 10.1. The van der Waals surface area contributed by atoms with Gasteiger partial charge in [-0.05, 0) is 24.3 Å². The van der Waals surface area contributed by atoms with E-state index in [9.17, 15) is 9.18 Å². The molecule has 0 radical (unpaired) electrons. The second-order valence-corrected chi connectivity index (χ2v) is 3.24. The highest BCUT2D eigenvalue weighted by molar-refractivity contribution is 5.94. The molecule has 1 heterocycles. The van der Waals surface area contributed by atoms with Crippen molar-refractivity contribution in [3.05, 3.63) is 42.1 Å². The molecule has 4 heteroatoms. The van der Waals surface area contributed by atoms with E-state index in [0.717, 1.165) is 10.9 Å². The Labute approximate surface area is 91.9 Å². The first-order valence-corrected chi connectivity index (χ1v) is 4.89. The van der Waals surface area contributed by atoms with E-state index in [1.807, 2.05) is 6.07 Å². The standard InChI is InChI=1S/C12H10FNO2/c13-5-7-16-12(15)10-3-4-11-9(8-10)2-1-6-14-11/h1-4,6,8H,5,7H2. The van der Waals surface area contributed by atoms with E-state index in [-0.39, 0.29) is 6.61 Å². The predicted molar refractivity (Wildman–Crippen MR) is 58.0 cm³/mol. The Hall–Kier alpha value is -1.97. The lowest BCUT2D eigenvalue weighted by Crippen LogP contribution is -2.07. The summed E-state index contributed by atoms with van der Waals surface area (Å²) in [4.78, 5) is 15.6. The van der Waals surface area contributed by atoms with E-state index < -0.39 is 12.6 Å². The van der Waals surface area contributed by atoms with Gasteiger partial charge in [0.15, 0.2) is 0 Å². The number of aromatic nitrogens is 1. The average Bonchev–Trinajstić information content (AvgIpc) is 2.35. The van der Waals surface area contributed by atoms with Crippen molar-refractivity contribution in [1.29, 1.82) is 0 Å². The van der Waals surface area contributed by atoms with Crippen LogP contribution in [-0.2, 0) is 4.74 Å². The molecule has 0 atom stereocenters. The summed E-state index contributed by atoms with van der Waals surface area (Å²) in [6.45, 7) is -0.870. The Morgan fingerprint density at radius 2 is 2.25 bits per heavy atom. The number of nitrogens with zero attached hydrogens (tertiary/aromatic N) is 1. The number of alkyl halides is 1. The fourth-order valence-corrected chi connectivity index (χ4v) is 1.42. The van der Waals surface area contributed by atoms with Crippen LogP contribution in [0.4, 0.5) is 4.39 Å². The highest BCUT2D eigenvalue weighted by Crippen LogP contribution is 2.13. The smallest absolute Gasteiger partial charge is 0.338 e. The Kier molecular flexibility index (Phi) is 3.10. The average molecular weight is 219 g/mol. The molecule has 0 N–H and O–H groups in total. The Balaban J connectivity index is 2.28. The molecular weight excluding hydrogens is 209 g/mol.